The zero-order chi connectivity index (χ0) is 52.3. The fourth-order valence-corrected chi connectivity index (χ4v) is 25.3. The Balaban J connectivity index is 0.877. The molecule has 0 aliphatic carbocycles. The molecule has 0 spiro atoms. The van der Waals surface area contributed by atoms with Crippen LogP contribution in [-0.2, 0) is 24.6 Å². The minimum atomic E-state index is -1.02. The summed E-state index contributed by atoms with van der Waals surface area (Å²) in [6.07, 6.45) is 0. The number of amides is 4. The largest absolute Gasteiger partial charge is 0.322 e. The molecule has 4 amide bonds. The second kappa shape index (κ2) is 25.2. The van der Waals surface area contributed by atoms with Crippen LogP contribution in [0.2, 0.25) is 0 Å². The van der Waals surface area contributed by atoms with E-state index in [-0.39, 0.29) is 23.6 Å². The van der Waals surface area contributed by atoms with Crippen LogP contribution in [0.15, 0.2) is 215 Å². The third kappa shape index (κ3) is 12.4. The first-order valence-electron chi connectivity index (χ1n) is 22.5. The lowest BCUT2D eigenvalue weighted by Gasteiger charge is -2.37. The van der Waals surface area contributed by atoms with Gasteiger partial charge in [-0.3, -0.25) is 19.2 Å². The van der Waals surface area contributed by atoms with Crippen molar-refractivity contribution in [3.63, 3.8) is 0 Å². The number of thioether (sulfide) groups is 16. The molecule has 0 fully saturated rings. The Morgan fingerprint density at radius 1 is 0.260 bits per heavy atom. The third-order valence-electron chi connectivity index (χ3n) is 11.4. The van der Waals surface area contributed by atoms with E-state index in [9.17, 15) is 19.2 Å². The minimum absolute atomic E-state index is 0.185. The van der Waals surface area contributed by atoms with E-state index in [4.69, 9.17) is 0 Å². The molecule has 0 saturated heterocycles. The molecule has 24 heteroatoms. The molecule has 77 heavy (non-hydrogen) atoms. The highest BCUT2D eigenvalue weighted by Crippen LogP contribution is 2.57. The normalized spacial score (nSPS) is 18.7. The number of benzene rings is 4. The SMILES string of the molecule is O=C(Nc1ccc(C(c2ccc(NC(=O)C3=CSC(=C4SC=CS4)S3)cc2)(c2ccc(NC(=O)C3=CSC(=C4SC=CS4)S3)cc2)c2ccc(NC(=O)C3=CSC(=C4SC=CS4)S3)cc2)cc1)C1=CSC(=C2SC=CS2)S1. The van der Waals surface area contributed by atoms with Crippen LogP contribution in [0, 0.1) is 0 Å². The van der Waals surface area contributed by atoms with E-state index < -0.39 is 5.41 Å². The van der Waals surface area contributed by atoms with Gasteiger partial charge in [0.2, 0.25) is 0 Å². The molecule has 0 radical (unpaired) electrons. The minimum Gasteiger partial charge on any atom is -0.322 e. The van der Waals surface area contributed by atoms with Crippen molar-refractivity contribution in [2.45, 2.75) is 5.41 Å². The molecule has 8 aliphatic heterocycles. The van der Waals surface area contributed by atoms with Crippen LogP contribution in [0.1, 0.15) is 22.3 Å². The van der Waals surface area contributed by atoms with Crippen molar-refractivity contribution in [1.82, 2.24) is 0 Å². The second-order valence-electron chi connectivity index (χ2n) is 16.0. The van der Waals surface area contributed by atoms with Crippen molar-refractivity contribution in [3.05, 3.63) is 238 Å². The summed E-state index contributed by atoms with van der Waals surface area (Å²) in [5.74, 6) is -0.738. The summed E-state index contributed by atoms with van der Waals surface area (Å²) in [4.78, 5) is 57.5. The number of carbonyl (C=O) groups excluding carboxylic acids is 4. The summed E-state index contributed by atoms with van der Waals surface area (Å²) >= 11 is 25.5. The van der Waals surface area contributed by atoms with E-state index in [0.717, 1.165) is 39.2 Å². The van der Waals surface area contributed by atoms with E-state index in [0.29, 0.717) is 42.4 Å². The summed E-state index contributed by atoms with van der Waals surface area (Å²) < 4.78 is 9.08. The Kier molecular flexibility index (Phi) is 17.9. The highest BCUT2D eigenvalue weighted by atomic mass is 32.2. The number of anilines is 4. The Morgan fingerprint density at radius 3 is 0.649 bits per heavy atom. The van der Waals surface area contributed by atoms with Gasteiger partial charge >= 0.3 is 0 Å². The number of nitrogens with one attached hydrogen (secondary N) is 4. The van der Waals surface area contributed by atoms with Crippen molar-refractivity contribution in [3.8, 4) is 0 Å². The molecule has 8 heterocycles. The van der Waals surface area contributed by atoms with Crippen LogP contribution < -0.4 is 21.3 Å². The summed E-state index contributed by atoms with van der Waals surface area (Å²) in [6.45, 7) is 0. The first-order valence-corrected chi connectivity index (χ1v) is 36.3. The highest BCUT2D eigenvalue weighted by Gasteiger charge is 2.39. The number of hydrogen-bond acceptors (Lipinski definition) is 20. The molecule has 384 valence electrons. The molecule has 0 bridgehead atoms. The molecular weight excluding hydrogens is 1270 g/mol. The number of hydrogen-bond donors (Lipinski definition) is 4. The Bertz CT molecular complexity index is 3030. The molecule has 8 nitrogen and oxygen atoms in total. The molecule has 0 atom stereocenters. The van der Waals surface area contributed by atoms with Crippen LogP contribution in [0.4, 0.5) is 22.7 Å². The number of carbonyl (C=O) groups is 4. The first kappa shape index (κ1) is 54.8. The van der Waals surface area contributed by atoms with Crippen molar-refractivity contribution in [2.75, 3.05) is 21.3 Å². The van der Waals surface area contributed by atoms with Gasteiger partial charge in [0.15, 0.2) is 0 Å². The predicted octanol–water partition coefficient (Wildman–Crippen LogP) is 19.4. The fourth-order valence-electron chi connectivity index (χ4n) is 7.98. The van der Waals surface area contributed by atoms with Gasteiger partial charge in [-0.25, -0.2) is 0 Å². The van der Waals surface area contributed by atoms with Gasteiger partial charge in [-0.1, -0.05) is 237 Å². The van der Waals surface area contributed by atoms with E-state index in [1.165, 1.54) is 64.0 Å². The lowest BCUT2D eigenvalue weighted by molar-refractivity contribution is -0.113. The maximum absolute atomic E-state index is 13.7. The van der Waals surface area contributed by atoms with Gasteiger partial charge in [-0.2, -0.15) is 0 Å². The average Bonchev–Trinajstić information content (AvgIpc) is 4.39. The second-order valence-corrected chi connectivity index (χ2v) is 33.1. The topological polar surface area (TPSA) is 116 Å². The molecule has 4 aromatic rings. The van der Waals surface area contributed by atoms with Gasteiger partial charge in [0.1, 0.15) is 0 Å². The molecular formula is C53H32N4O4S16. The summed E-state index contributed by atoms with van der Waals surface area (Å²) in [5.41, 5.74) is 5.04. The first-order chi connectivity index (χ1) is 37.7. The van der Waals surface area contributed by atoms with Crippen LogP contribution >= 0.6 is 188 Å². The standard InChI is InChI=1S/C53H32N4O4S16/c58-41(37-25-70-49(74-37)45-62-17-18-63-45)54-33-9-1-29(2-10-33)53(30-3-11-34(12-4-30)55-42(59)38-26-71-50(75-38)46-64-19-20-65-46,31-5-13-35(14-6-31)56-43(60)39-27-72-51(76-39)47-66-21-22-67-47)32-7-15-36(16-8-32)57-44(61)40-28-73-52(77-40)48-68-23-24-69-48/h1-28H,(H,54,58)(H,55,59)(H,56,60)(H,57,61). The van der Waals surface area contributed by atoms with Crippen LogP contribution in [-0.4, -0.2) is 23.6 Å². The maximum Gasteiger partial charge on any atom is 0.262 e. The van der Waals surface area contributed by atoms with Crippen molar-refractivity contribution in [2.24, 2.45) is 0 Å². The number of rotatable bonds is 12. The fraction of sp³-hybridized carbons (Fsp3) is 0.0189. The smallest absolute Gasteiger partial charge is 0.262 e. The van der Waals surface area contributed by atoms with Crippen LogP contribution in [0.25, 0.3) is 0 Å². The van der Waals surface area contributed by atoms with Crippen molar-refractivity contribution in [1.29, 1.82) is 0 Å². The Hall–Kier alpha value is -2.76. The van der Waals surface area contributed by atoms with Gasteiger partial charge in [0, 0.05) is 22.7 Å². The zero-order valence-corrected chi connectivity index (χ0v) is 51.9. The zero-order valence-electron chi connectivity index (χ0n) is 38.8. The molecule has 0 aromatic heterocycles. The third-order valence-corrected chi connectivity index (χ3v) is 31.5. The van der Waals surface area contributed by atoms with E-state index in [1.54, 1.807) is 141 Å². The summed E-state index contributed by atoms with van der Waals surface area (Å²) in [7, 11) is 0. The van der Waals surface area contributed by atoms with Gasteiger partial charge < -0.3 is 21.3 Å². The molecule has 0 saturated carbocycles. The summed E-state index contributed by atoms with van der Waals surface area (Å²) in [5, 5.41) is 36.6. The van der Waals surface area contributed by atoms with E-state index in [2.05, 4.69) is 64.5 Å². The van der Waals surface area contributed by atoms with E-state index >= 15 is 0 Å². The maximum atomic E-state index is 13.7. The molecule has 8 aliphatic rings. The molecule has 4 aromatic carbocycles. The monoisotopic (exact) mass is 1300 g/mol. The molecule has 4 N–H and O–H groups in total. The highest BCUT2D eigenvalue weighted by molar-refractivity contribution is 8.36. The van der Waals surface area contributed by atoms with Crippen molar-refractivity contribution < 1.29 is 19.2 Å². The summed E-state index contributed by atoms with van der Waals surface area (Å²) in [6, 6.07) is 31.6. The Labute approximate surface area is 512 Å². The molecule has 0 unspecified atom stereocenters. The lowest BCUT2D eigenvalue weighted by Crippen LogP contribution is -2.31. The van der Waals surface area contributed by atoms with Gasteiger partial charge in [0.05, 0.1) is 58.9 Å². The predicted molar refractivity (Wildman–Crippen MR) is 358 cm³/mol. The molecule has 12 rings (SSSR count). The quantitative estimate of drug-likeness (QED) is 0.101. The average molecular weight is 1300 g/mol. The Morgan fingerprint density at radius 2 is 0.455 bits per heavy atom. The van der Waals surface area contributed by atoms with Gasteiger partial charge in [-0.15, -0.1) is 0 Å². The van der Waals surface area contributed by atoms with Gasteiger partial charge in [-0.05, 0) is 136 Å². The van der Waals surface area contributed by atoms with Gasteiger partial charge in [0.25, 0.3) is 23.6 Å². The van der Waals surface area contributed by atoms with Crippen LogP contribution in [0.5, 0.6) is 0 Å². The van der Waals surface area contributed by atoms with Crippen LogP contribution in [0.3, 0.4) is 0 Å². The lowest BCUT2D eigenvalue weighted by atomic mass is 9.65. The van der Waals surface area contributed by atoms with E-state index in [1.807, 2.05) is 119 Å². The van der Waals surface area contributed by atoms with Crippen molar-refractivity contribution >= 4 is 235 Å².